The van der Waals surface area contributed by atoms with E-state index in [9.17, 15) is 14.4 Å². The quantitative estimate of drug-likeness (QED) is 0.575. The van der Waals surface area contributed by atoms with Crippen LogP contribution in [0.3, 0.4) is 0 Å². The highest BCUT2D eigenvalue weighted by atomic mass is 16.5. The van der Waals surface area contributed by atoms with Crippen LogP contribution in [-0.4, -0.2) is 24.6 Å². The van der Waals surface area contributed by atoms with Gasteiger partial charge in [0.2, 0.25) is 5.91 Å². The third kappa shape index (κ3) is 5.03. The van der Waals surface area contributed by atoms with Crippen molar-refractivity contribution < 1.29 is 19.1 Å². The predicted octanol–water partition coefficient (Wildman–Crippen LogP) is 3.63. The highest BCUT2D eigenvalue weighted by molar-refractivity contribution is 6.15. The van der Waals surface area contributed by atoms with Crippen LogP contribution < -0.4 is 10.1 Å². The van der Waals surface area contributed by atoms with Gasteiger partial charge in [-0.05, 0) is 67.3 Å². The van der Waals surface area contributed by atoms with Crippen molar-refractivity contribution >= 4 is 17.5 Å². The number of Topliss-reactive ketones (excluding diaryl/α,β-unsaturated/α-hetero) is 2. The smallest absolute Gasteiger partial charge is 0.221 e. The lowest BCUT2D eigenvalue weighted by molar-refractivity contribution is -0.128. The van der Waals surface area contributed by atoms with E-state index in [4.69, 9.17) is 4.74 Å². The molecule has 1 saturated carbocycles. The molecule has 1 aliphatic rings. The minimum absolute atomic E-state index is 0.0225. The first-order valence-electron chi connectivity index (χ1n) is 10.3. The number of amides is 1. The summed E-state index contributed by atoms with van der Waals surface area (Å²) in [4.78, 5) is 38.2. The maximum atomic E-state index is 13.1. The number of hydrogen-bond acceptors (Lipinski definition) is 4. The van der Waals surface area contributed by atoms with E-state index in [1.165, 1.54) is 0 Å². The normalized spacial score (nSPS) is 17.8. The molecule has 2 aromatic carbocycles. The van der Waals surface area contributed by atoms with E-state index in [1.807, 2.05) is 50.2 Å². The Morgan fingerprint density at radius 2 is 1.77 bits per heavy atom. The molecule has 31 heavy (non-hydrogen) atoms. The van der Waals surface area contributed by atoms with Crippen LogP contribution in [0.5, 0.6) is 5.75 Å². The van der Waals surface area contributed by atoms with E-state index in [2.05, 4.69) is 17.2 Å². The highest BCUT2D eigenvalue weighted by Crippen LogP contribution is 2.37. The van der Waals surface area contributed by atoms with Gasteiger partial charge in [0.05, 0.1) is 7.11 Å². The molecule has 2 unspecified atom stereocenters. The molecule has 2 aromatic rings. The van der Waals surface area contributed by atoms with E-state index >= 15 is 0 Å². The van der Waals surface area contributed by atoms with Crippen LogP contribution in [0.1, 0.15) is 53.5 Å². The van der Waals surface area contributed by atoms with Crippen molar-refractivity contribution in [2.75, 3.05) is 7.11 Å². The molecular weight excluding hydrogens is 390 g/mol. The van der Waals surface area contributed by atoms with Gasteiger partial charge in [0.25, 0.3) is 0 Å². The summed E-state index contributed by atoms with van der Waals surface area (Å²) in [5.74, 6) is 4.76. The van der Waals surface area contributed by atoms with Crippen molar-refractivity contribution in [3.63, 3.8) is 0 Å². The zero-order valence-electron chi connectivity index (χ0n) is 18.4. The fourth-order valence-corrected chi connectivity index (χ4v) is 4.22. The largest absolute Gasteiger partial charge is 0.497 e. The SMILES string of the molecule is CC#Cc1cc(C)c(C2C(=O)CC(CC(=O)NCc3ccc(OC)cc3)C2=O)c(C)c1. The number of hydrogen-bond donors (Lipinski definition) is 1. The van der Waals surface area contributed by atoms with E-state index in [0.29, 0.717) is 6.54 Å². The Morgan fingerprint density at radius 1 is 1.13 bits per heavy atom. The third-order valence-electron chi connectivity index (χ3n) is 5.69. The van der Waals surface area contributed by atoms with Crippen molar-refractivity contribution in [1.82, 2.24) is 5.32 Å². The molecule has 3 rings (SSSR count). The average molecular weight is 418 g/mol. The number of ether oxygens (including phenoxy) is 1. The maximum Gasteiger partial charge on any atom is 0.221 e. The monoisotopic (exact) mass is 417 g/mol. The molecule has 2 atom stereocenters. The number of carbonyl (C=O) groups is 3. The van der Waals surface area contributed by atoms with Gasteiger partial charge in [-0.3, -0.25) is 14.4 Å². The van der Waals surface area contributed by atoms with Crippen molar-refractivity contribution in [1.29, 1.82) is 0 Å². The summed E-state index contributed by atoms with van der Waals surface area (Å²) >= 11 is 0. The van der Waals surface area contributed by atoms with Crippen LogP contribution in [0, 0.1) is 31.6 Å². The second kappa shape index (κ2) is 9.61. The lowest BCUT2D eigenvalue weighted by atomic mass is 9.86. The van der Waals surface area contributed by atoms with Gasteiger partial charge in [0.1, 0.15) is 17.5 Å². The average Bonchev–Trinajstić information content (AvgIpc) is 3.00. The first kappa shape index (κ1) is 22.3. The second-order valence-electron chi connectivity index (χ2n) is 7.93. The number of methoxy groups -OCH3 is 1. The van der Waals surface area contributed by atoms with Gasteiger partial charge in [0, 0.05) is 30.9 Å². The molecule has 0 bridgehead atoms. The Hall–Kier alpha value is -3.39. The molecule has 0 spiro atoms. The lowest BCUT2D eigenvalue weighted by Gasteiger charge is -2.16. The van der Waals surface area contributed by atoms with Crippen molar-refractivity contribution in [3.05, 3.63) is 64.2 Å². The Balaban J connectivity index is 1.67. The van der Waals surface area contributed by atoms with Crippen LogP contribution in [0.25, 0.3) is 0 Å². The zero-order valence-corrected chi connectivity index (χ0v) is 18.4. The molecule has 1 fully saturated rings. The first-order valence-corrected chi connectivity index (χ1v) is 10.3. The zero-order chi connectivity index (χ0) is 22.5. The third-order valence-corrected chi connectivity index (χ3v) is 5.69. The molecule has 0 aromatic heterocycles. The molecule has 5 heteroatoms. The molecule has 0 aliphatic heterocycles. The minimum Gasteiger partial charge on any atom is -0.497 e. The van der Waals surface area contributed by atoms with E-state index in [-0.39, 0.29) is 30.3 Å². The number of rotatable bonds is 6. The standard InChI is InChI=1S/C26H27NO4/c1-5-6-19-11-16(2)24(17(3)12-19)25-22(28)13-20(26(25)30)14-23(29)27-15-18-7-9-21(31-4)10-8-18/h7-12,20,25H,13-15H2,1-4H3,(H,27,29). The minimum atomic E-state index is -0.789. The van der Waals surface area contributed by atoms with Crippen LogP contribution in [0.4, 0.5) is 0 Å². The first-order chi connectivity index (χ1) is 14.8. The van der Waals surface area contributed by atoms with E-state index in [1.54, 1.807) is 14.0 Å². The summed E-state index contributed by atoms with van der Waals surface area (Å²) in [6.45, 7) is 5.93. The fourth-order valence-electron chi connectivity index (χ4n) is 4.22. The molecule has 0 radical (unpaired) electrons. The Bertz CT molecular complexity index is 1050. The van der Waals surface area contributed by atoms with Crippen LogP contribution in [0.15, 0.2) is 36.4 Å². The topological polar surface area (TPSA) is 72.5 Å². The lowest BCUT2D eigenvalue weighted by Crippen LogP contribution is -2.27. The van der Waals surface area contributed by atoms with Gasteiger partial charge < -0.3 is 10.1 Å². The van der Waals surface area contributed by atoms with Crippen LogP contribution in [0.2, 0.25) is 0 Å². The number of carbonyl (C=O) groups excluding carboxylic acids is 3. The summed E-state index contributed by atoms with van der Waals surface area (Å²) in [7, 11) is 1.60. The summed E-state index contributed by atoms with van der Waals surface area (Å²) in [6.07, 6.45) is 0.129. The molecule has 1 N–H and O–H groups in total. The van der Waals surface area contributed by atoms with Crippen molar-refractivity contribution in [3.8, 4) is 17.6 Å². The molecular formula is C26H27NO4. The van der Waals surface area contributed by atoms with Gasteiger partial charge in [-0.1, -0.05) is 18.1 Å². The Kier molecular flexibility index (Phi) is 6.91. The van der Waals surface area contributed by atoms with Crippen LogP contribution in [-0.2, 0) is 20.9 Å². The predicted molar refractivity (Wildman–Crippen MR) is 119 cm³/mol. The van der Waals surface area contributed by atoms with Gasteiger partial charge in [-0.15, -0.1) is 5.92 Å². The summed E-state index contributed by atoms with van der Waals surface area (Å²) in [5, 5.41) is 2.84. The molecule has 0 saturated heterocycles. The highest BCUT2D eigenvalue weighted by Gasteiger charge is 2.43. The summed E-state index contributed by atoms with van der Waals surface area (Å²) in [6, 6.07) is 11.2. The Morgan fingerprint density at radius 3 is 2.35 bits per heavy atom. The van der Waals surface area contributed by atoms with E-state index in [0.717, 1.165) is 33.6 Å². The summed E-state index contributed by atoms with van der Waals surface area (Å²) < 4.78 is 5.12. The van der Waals surface area contributed by atoms with Gasteiger partial charge in [-0.25, -0.2) is 0 Å². The number of aryl methyl sites for hydroxylation is 2. The Labute approximate surface area is 183 Å². The van der Waals surface area contributed by atoms with Crippen LogP contribution >= 0.6 is 0 Å². The fraction of sp³-hybridized carbons (Fsp3) is 0.346. The number of benzene rings is 2. The molecule has 1 amide bonds. The second-order valence-corrected chi connectivity index (χ2v) is 7.93. The van der Waals surface area contributed by atoms with Gasteiger partial charge in [0.15, 0.2) is 5.78 Å². The van der Waals surface area contributed by atoms with Crippen molar-refractivity contribution in [2.24, 2.45) is 5.92 Å². The van der Waals surface area contributed by atoms with Gasteiger partial charge >= 0.3 is 0 Å². The molecule has 5 nitrogen and oxygen atoms in total. The van der Waals surface area contributed by atoms with Gasteiger partial charge in [-0.2, -0.15) is 0 Å². The maximum absolute atomic E-state index is 13.1. The molecule has 1 aliphatic carbocycles. The number of nitrogens with one attached hydrogen (secondary N) is 1. The number of ketones is 2. The molecule has 0 heterocycles. The van der Waals surface area contributed by atoms with Crippen molar-refractivity contribution in [2.45, 2.75) is 46.1 Å². The van der Waals surface area contributed by atoms with E-state index < -0.39 is 11.8 Å². The molecule has 160 valence electrons. The summed E-state index contributed by atoms with van der Waals surface area (Å²) in [5.41, 5.74) is 4.33.